The number of nitrogens with zero attached hydrogens (tertiary/aromatic N) is 4. The molecule has 0 atom stereocenters. The van der Waals surface area contributed by atoms with Crippen LogP contribution < -0.4 is 0 Å². The molecule has 0 bridgehead atoms. The number of benzene rings is 7. The van der Waals surface area contributed by atoms with E-state index in [1.165, 1.54) is 71.1 Å². The molecule has 1 aliphatic carbocycles. The summed E-state index contributed by atoms with van der Waals surface area (Å²) in [6.45, 7) is 4.70. The Labute approximate surface area is 293 Å². The normalized spacial score (nSPS) is 13.8. The smallest absolute Gasteiger partial charge is 0.165 e. The molecule has 0 unspecified atom stereocenters. The van der Waals surface area contributed by atoms with E-state index in [9.17, 15) is 0 Å². The van der Waals surface area contributed by atoms with E-state index in [1.54, 1.807) is 0 Å². The van der Waals surface area contributed by atoms with Gasteiger partial charge in [-0.25, -0.2) is 9.97 Å². The number of fused-ring (bicyclic) bond motifs is 10. The summed E-state index contributed by atoms with van der Waals surface area (Å²) in [7, 11) is 0. The summed E-state index contributed by atoms with van der Waals surface area (Å²) in [5.74, 6) is 0.849. The first-order valence-corrected chi connectivity index (χ1v) is 17.7. The summed E-state index contributed by atoms with van der Waals surface area (Å²) >= 11 is 0. The van der Waals surface area contributed by atoms with Crippen LogP contribution in [0.5, 0.6) is 0 Å². The van der Waals surface area contributed by atoms with Gasteiger partial charge in [-0.15, -0.1) is 0 Å². The second-order valence-corrected chi connectivity index (χ2v) is 14.5. The first-order valence-electron chi connectivity index (χ1n) is 17.7. The van der Waals surface area contributed by atoms with Gasteiger partial charge in [-0.05, 0) is 64.0 Å². The molecule has 4 nitrogen and oxygen atoms in total. The molecule has 0 aliphatic heterocycles. The fourth-order valence-electron chi connectivity index (χ4n) is 9.57. The molecular formula is C47H30N4. The molecule has 51 heavy (non-hydrogen) atoms. The molecule has 11 aromatic rings. The molecule has 4 heteroatoms. The average molecular weight is 651 g/mol. The van der Waals surface area contributed by atoms with Crippen LogP contribution in [0, 0.1) is 0 Å². The van der Waals surface area contributed by atoms with Crippen LogP contribution in [0.25, 0.3) is 99.1 Å². The fraction of sp³-hybridized carbons (Fsp3) is 0.0638. The quantitative estimate of drug-likeness (QED) is 0.187. The predicted octanol–water partition coefficient (Wildman–Crippen LogP) is 11.9. The van der Waals surface area contributed by atoms with Gasteiger partial charge in [0, 0.05) is 37.9 Å². The van der Waals surface area contributed by atoms with Gasteiger partial charge >= 0.3 is 0 Å². The highest BCUT2D eigenvalue weighted by molar-refractivity contribution is 6.33. The Balaban J connectivity index is 1.30. The van der Waals surface area contributed by atoms with E-state index < -0.39 is 0 Å². The van der Waals surface area contributed by atoms with E-state index in [4.69, 9.17) is 9.97 Å². The zero-order valence-electron chi connectivity index (χ0n) is 28.1. The minimum atomic E-state index is -0.210. The van der Waals surface area contributed by atoms with Crippen LogP contribution >= 0.6 is 0 Å². The van der Waals surface area contributed by atoms with Crippen LogP contribution in [0.4, 0.5) is 0 Å². The van der Waals surface area contributed by atoms with Gasteiger partial charge in [0.2, 0.25) is 0 Å². The van der Waals surface area contributed by atoms with Gasteiger partial charge < -0.3 is 4.40 Å². The van der Waals surface area contributed by atoms with Crippen LogP contribution in [0.3, 0.4) is 0 Å². The van der Waals surface area contributed by atoms with Gasteiger partial charge in [0.15, 0.2) is 5.82 Å². The molecule has 0 saturated carbocycles. The molecular weight excluding hydrogens is 621 g/mol. The van der Waals surface area contributed by atoms with Crippen molar-refractivity contribution in [2.24, 2.45) is 0 Å². The van der Waals surface area contributed by atoms with Crippen LogP contribution in [0.1, 0.15) is 25.0 Å². The van der Waals surface area contributed by atoms with Gasteiger partial charge in [-0.1, -0.05) is 123 Å². The van der Waals surface area contributed by atoms with Gasteiger partial charge in [-0.2, -0.15) is 0 Å². The zero-order valence-corrected chi connectivity index (χ0v) is 28.1. The predicted molar refractivity (Wildman–Crippen MR) is 212 cm³/mol. The summed E-state index contributed by atoms with van der Waals surface area (Å²) in [6, 6.07) is 52.9. The maximum atomic E-state index is 5.55. The maximum absolute atomic E-state index is 5.55. The highest BCUT2D eigenvalue weighted by Gasteiger charge is 2.38. The number of para-hydroxylation sites is 4. The molecule has 0 saturated heterocycles. The highest BCUT2D eigenvalue weighted by atomic mass is 15.1. The van der Waals surface area contributed by atoms with E-state index in [1.807, 2.05) is 0 Å². The van der Waals surface area contributed by atoms with Crippen LogP contribution in [0.15, 0.2) is 146 Å². The molecule has 7 aromatic carbocycles. The van der Waals surface area contributed by atoms with E-state index in [-0.39, 0.29) is 5.41 Å². The van der Waals surface area contributed by atoms with E-state index in [2.05, 4.69) is 168 Å². The van der Waals surface area contributed by atoms with Crippen molar-refractivity contribution in [2.45, 2.75) is 19.3 Å². The Morgan fingerprint density at radius 1 is 0.451 bits per heavy atom. The number of hydrogen-bond donors (Lipinski definition) is 0. The summed E-state index contributed by atoms with van der Waals surface area (Å²) in [5, 5.41) is 7.48. The van der Waals surface area contributed by atoms with Crippen LogP contribution in [-0.4, -0.2) is 18.9 Å². The summed E-state index contributed by atoms with van der Waals surface area (Å²) in [4.78, 5) is 11.1. The maximum Gasteiger partial charge on any atom is 0.165 e. The number of rotatable bonds is 2. The third-order valence-electron chi connectivity index (χ3n) is 11.6. The molecule has 12 rings (SSSR count). The molecule has 0 radical (unpaired) electrons. The monoisotopic (exact) mass is 650 g/mol. The minimum Gasteiger partial charge on any atom is -0.308 e. The summed E-state index contributed by atoms with van der Waals surface area (Å²) in [6.07, 6.45) is 0. The summed E-state index contributed by atoms with van der Waals surface area (Å²) in [5.41, 5.74) is 14.7. The molecule has 238 valence electrons. The molecule has 1 aliphatic rings. The fourth-order valence-corrected chi connectivity index (χ4v) is 9.57. The lowest BCUT2D eigenvalue weighted by atomic mass is 9.79. The van der Waals surface area contributed by atoms with Crippen molar-refractivity contribution < 1.29 is 0 Å². The van der Waals surface area contributed by atoms with Crippen molar-refractivity contribution in [1.82, 2.24) is 18.9 Å². The standard InChI is InChI=1S/C47H30N4/c1-47(2)34-19-6-3-13-27(34)31-17-11-18-33(43(31)47)44-46(49-36-21-8-7-20-35(36)48-44)51-39-24-12-16-30-28-14-4-9-22-37(28)50-38-23-10-5-15-29(38)32-25-26-40(51)42(41(30)39)45(32)50/h3-26H,1-2H3. The Morgan fingerprint density at radius 3 is 1.86 bits per heavy atom. The van der Waals surface area contributed by atoms with Gasteiger partial charge in [0.25, 0.3) is 0 Å². The Morgan fingerprint density at radius 2 is 1.04 bits per heavy atom. The van der Waals surface area contributed by atoms with Crippen molar-refractivity contribution in [3.8, 4) is 28.2 Å². The van der Waals surface area contributed by atoms with Gasteiger partial charge in [0.1, 0.15) is 5.69 Å². The first-order chi connectivity index (χ1) is 25.1. The van der Waals surface area contributed by atoms with Crippen LogP contribution in [0.2, 0.25) is 0 Å². The second kappa shape index (κ2) is 9.38. The minimum absolute atomic E-state index is 0.210. The molecule has 4 aromatic heterocycles. The molecule has 0 N–H and O–H groups in total. The van der Waals surface area contributed by atoms with Crippen molar-refractivity contribution in [1.29, 1.82) is 0 Å². The number of aromatic nitrogens is 4. The Hall–Kier alpha value is -6.52. The van der Waals surface area contributed by atoms with Crippen molar-refractivity contribution in [2.75, 3.05) is 0 Å². The second-order valence-electron chi connectivity index (χ2n) is 14.5. The zero-order chi connectivity index (χ0) is 33.6. The third-order valence-corrected chi connectivity index (χ3v) is 11.6. The summed E-state index contributed by atoms with van der Waals surface area (Å²) < 4.78 is 4.88. The largest absolute Gasteiger partial charge is 0.308 e. The average Bonchev–Trinajstić information content (AvgIpc) is 3.74. The lowest BCUT2D eigenvalue weighted by Gasteiger charge is -2.25. The third kappa shape index (κ3) is 3.30. The Bertz CT molecular complexity index is 3290. The van der Waals surface area contributed by atoms with Crippen LogP contribution in [-0.2, 0) is 5.41 Å². The lowest BCUT2D eigenvalue weighted by molar-refractivity contribution is 0.661. The number of hydrogen-bond acceptors (Lipinski definition) is 2. The highest BCUT2D eigenvalue weighted by Crippen LogP contribution is 2.53. The first kappa shape index (κ1) is 27.3. The molecule has 0 spiro atoms. The molecule has 0 fully saturated rings. The van der Waals surface area contributed by atoms with E-state index >= 15 is 0 Å². The van der Waals surface area contributed by atoms with Crippen molar-refractivity contribution in [3.63, 3.8) is 0 Å². The molecule has 0 amide bonds. The topological polar surface area (TPSA) is 35.1 Å². The van der Waals surface area contributed by atoms with Gasteiger partial charge in [-0.3, -0.25) is 4.57 Å². The van der Waals surface area contributed by atoms with E-state index in [0.29, 0.717) is 0 Å². The Kier molecular flexibility index (Phi) is 5.02. The molecule has 4 heterocycles. The van der Waals surface area contributed by atoms with Gasteiger partial charge in [0.05, 0.1) is 38.6 Å². The SMILES string of the molecule is CC1(C)c2ccccc2-c2cccc(-c3nc4ccccc4nc3-n3c4cccc5c6ccccc6n6c7ccccc7c7ccc3c(c54)c76)c21. The van der Waals surface area contributed by atoms with Crippen molar-refractivity contribution in [3.05, 3.63) is 157 Å². The van der Waals surface area contributed by atoms with E-state index in [0.717, 1.165) is 39.1 Å². The lowest BCUT2D eigenvalue weighted by Crippen LogP contribution is -2.17. The van der Waals surface area contributed by atoms with Crippen molar-refractivity contribution >= 4 is 70.9 Å².